The minimum atomic E-state index is -0.840. The number of rotatable bonds is 4. The van der Waals surface area contributed by atoms with Crippen LogP contribution in [0.15, 0.2) is 59.0 Å². The zero-order chi connectivity index (χ0) is 19.5. The first-order chi connectivity index (χ1) is 13.6. The fraction of sp³-hybridized carbons (Fsp3) is 0.286. The lowest BCUT2D eigenvalue weighted by Gasteiger charge is -2.36. The van der Waals surface area contributed by atoms with Crippen molar-refractivity contribution in [2.45, 2.75) is 24.8 Å². The van der Waals surface area contributed by atoms with E-state index in [0.29, 0.717) is 13.1 Å². The third-order valence-corrected chi connectivity index (χ3v) is 5.16. The molecule has 28 heavy (non-hydrogen) atoms. The lowest BCUT2D eigenvalue weighted by atomic mass is 9.93. The van der Waals surface area contributed by atoms with Crippen LogP contribution in [0, 0.1) is 0 Å². The minimum Gasteiger partial charge on any atom is -0.440 e. The second-order valence-corrected chi connectivity index (χ2v) is 7.00. The quantitative estimate of drug-likeness (QED) is 0.727. The summed E-state index contributed by atoms with van der Waals surface area (Å²) in [6, 6.07) is 15.8. The standard InChI is InChI=1S/C21H22N4O3/c22-21(27)24-19(26)18(14-6-2-1-3-7-14)25-12-10-15(11-13-25)20-23-16-8-4-5-9-17(16)28-20/h1-9,15,18H,10-13H2,(H3,22,24,26,27)/t18-/m1/s1. The molecule has 1 atom stereocenters. The van der Waals surface area contributed by atoms with E-state index in [1.165, 1.54) is 0 Å². The first-order valence-corrected chi connectivity index (χ1v) is 9.36. The van der Waals surface area contributed by atoms with E-state index in [2.05, 4.69) is 15.2 Å². The van der Waals surface area contributed by atoms with Crippen LogP contribution < -0.4 is 11.1 Å². The monoisotopic (exact) mass is 378 g/mol. The van der Waals surface area contributed by atoms with E-state index >= 15 is 0 Å². The van der Waals surface area contributed by atoms with Crippen molar-refractivity contribution in [2.24, 2.45) is 5.73 Å². The van der Waals surface area contributed by atoms with E-state index < -0.39 is 18.0 Å². The van der Waals surface area contributed by atoms with Gasteiger partial charge < -0.3 is 10.2 Å². The number of fused-ring (bicyclic) bond motifs is 1. The summed E-state index contributed by atoms with van der Waals surface area (Å²) in [6.45, 7) is 1.38. The summed E-state index contributed by atoms with van der Waals surface area (Å²) < 4.78 is 5.92. The molecule has 3 N–H and O–H groups in total. The second-order valence-electron chi connectivity index (χ2n) is 7.00. The number of piperidine rings is 1. The van der Waals surface area contributed by atoms with Crippen molar-refractivity contribution < 1.29 is 14.0 Å². The third kappa shape index (κ3) is 3.75. The molecule has 0 saturated carbocycles. The van der Waals surface area contributed by atoms with E-state index in [0.717, 1.165) is 35.4 Å². The van der Waals surface area contributed by atoms with Gasteiger partial charge >= 0.3 is 6.03 Å². The van der Waals surface area contributed by atoms with E-state index in [1.54, 1.807) is 0 Å². The van der Waals surface area contributed by atoms with Crippen molar-refractivity contribution in [1.82, 2.24) is 15.2 Å². The van der Waals surface area contributed by atoms with Crippen LogP contribution in [-0.4, -0.2) is 34.9 Å². The van der Waals surface area contributed by atoms with Gasteiger partial charge in [0.2, 0.25) is 5.91 Å². The van der Waals surface area contributed by atoms with Crippen LogP contribution in [-0.2, 0) is 4.79 Å². The third-order valence-electron chi connectivity index (χ3n) is 5.16. The molecule has 3 amide bonds. The molecular formula is C21H22N4O3. The Morgan fingerprint density at radius 1 is 1.07 bits per heavy atom. The fourth-order valence-electron chi connectivity index (χ4n) is 3.82. The van der Waals surface area contributed by atoms with Crippen molar-refractivity contribution in [2.75, 3.05) is 13.1 Å². The normalized spacial score (nSPS) is 16.7. The highest BCUT2D eigenvalue weighted by Crippen LogP contribution is 2.33. The Morgan fingerprint density at radius 3 is 2.43 bits per heavy atom. The number of benzene rings is 2. The maximum atomic E-state index is 12.6. The van der Waals surface area contributed by atoms with Gasteiger partial charge in [0.1, 0.15) is 11.6 Å². The van der Waals surface area contributed by atoms with Gasteiger partial charge in [0.05, 0.1) is 0 Å². The van der Waals surface area contributed by atoms with Gasteiger partial charge in [-0.25, -0.2) is 9.78 Å². The molecular weight excluding hydrogens is 356 g/mol. The number of amides is 3. The van der Waals surface area contributed by atoms with Crippen LogP contribution in [0.5, 0.6) is 0 Å². The number of primary amides is 1. The molecule has 0 spiro atoms. The summed E-state index contributed by atoms with van der Waals surface area (Å²) in [5.41, 5.74) is 7.66. The highest BCUT2D eigenvalue weighted by molar-refractivity contribution is 5.96. The highest BCUT2D eigenvalue weighted by Gasteiger charge is 2.33. The fourth-order valence-corrected chi connectivity index (χ4v) is 3.82. The van der Waals surface area contributed by atoms with Gasteiger partial charge in [-0.1, -0.05) is 42.5 Å². The number of urea groups is 1. The van der Waals surface area contributed by atoms with Crippen LogP contribution >= 0.6 is 0 Å². The molecule has 7 nitrogen and oxygen atoms in total. The molecule has 7 heteroatoms. The Hall–Kier alpha value is -3.19. The predicted molar refractivity (Wildman–Crippen MR) is 104 cm³/mol. The van der Waals surface area contributed by atoms with Crippen molar-refractivity contribution >= 4 is 23.0 Å². The molecule has 0 unspecified atom stereocenters. The Bertz CT molecular complexity index is 944. The van der Waals surface area contributed by atoms with E-state index in [9.17, 15) is 9.59 Å². The first kappa shape index (κ1) is 18.2. The summed E-state index contributed by atoms with van der Waals surface area (Å²) >= 11 is 0. The number of imide groups is 1. The smallest absolute Gasteiger partial charge is 0.318 e. The van der Waals surface area contributed by atoms with Gasteiger partial charge in [0.15, 0.2) is 11.5 Å². The molecule has 2 aromatic carbocycles. The number of para-hydroxylation sites is 2. The van der Waals surface area contributed by atoms with Crippen molar-refractivity contribution in [3.63, 3.8) is 0 Å². The molecule has 1 aliphatic rings. The molecule has 1 aliphatic heterocycles. The van der Waals surface area contributed by atoms with Crippen molar-refractivity contribution in [1.29, 1.82) is 0 Å². The van der Waals surface area contributed by atoms with Crippen LogP contribution in [0.2, 0.25) is 0 Å². The summed E-state index contributed by atoms with van der Waals surface area (Å²) in [5, 5.41) is 2.23. The molecule has 1 fully saturated rings. The Labute approximate surface area is 162 Å². The molecule has 0 bridgehead atoms. The molecule has 3 aromatic rings. The largest absolute Gasteiger partial charge is 0.440 e. The Kier molecular flexibility index (Phi) is 5.08. The molecule has 0 radical (unpaired) electrons. The number of nitrogens with zero attached hydrogens (tertiary/aromatic N) is 2. The highest BCUT2D eigenvalue weighted by atomic mass is 16.3. The lowest BCUT2D eigenvalue weighted by Crippen LogP contribution is -2.46. The first-order valence-electron chi connectivity index (χ1n) is 9.36. The Morgan fingerprint density at radius 2 is 1.75 bits per heavy atom. The molecule has 1 aromatic heterocycles. The number of carbonyl (C=O) groups excluding carboxylic acids is 2. The van der Waals surface area contributed by atoms with Gasteiger partial charge in [0.25, 0.3) is 0 Å². The number of oxazole rings is 1. The molecule has 0 aliphatic carbocycles. The van der Waals surface area contributed by atoms with Gasteiger partial charge in [-0.15, -0.1) is 0 Å². The molecule has 1 saturated heterocycles. The SMILES string of the molecule is NC(=O)NC(=O)[C@@H](c1ccccc1)N1CCC(c2nc3ccccc3o2)CC1. The topological polar surface area (TPSA) is 101 Å². The van der Waals surface area contributed by atoms with Crippen LogP contribution in [0.1, 0.15) is 36.3 Å². The molecule has 144 valence electrons. The molecule has 4 rings (SSSR count). The van der Waals surface area contributed by atoms with Gasteiger partial charge in [-0.2, -0.15) is 0 Å². The van der Waals surface area contributed by atoms with Crippen LogP contribution in [0.25, 0.3) is 11.1 Å². The van der Waals surface area contributed by atoms with Gasteiger partial charge in [0, 0.05) is 5.92 Å². The maximum Gasteiger partial charge on any atom is 0.318 e. The number of nitrogens with two attached hydrogens (primary N) is 1. The number of hydrogen-bond acceptors (Lipinski definition) is 5. The summed E-state index contributed by atoms with van der Waals surface area (Å²) in [6.07, 6.45) is 1.64. The number of carbonyl (C=O) groups is 2. The maximum absolute atomic E-state index is 12.6. The summed E-state index contributed by atoms with van der Waals surface area (Å²) in [5.74, 6) is 0.553. The number of nitrogens with one attached hydrogen (secondary N) is 1. The van der Waals surface area contributed by atoms with Crippen molar-refractivity contribution in [3.05, 3.63) is 66.1 Å². The molecule has 2 heterocycles. The predicted octanol–water partition coefficient (Wildman–Crippen LogP) is 2.94. The van der Waals surface area contributed by atoms with Crippen LogP contribution in [0.3, 0.4) is 0 Å². The number of aromatic nitrogens is 1. The average Bonchev–Trinajstić information content (AvgIpc) is 3.13. The van der Waals surface area contributed by atoms with Crippen molar-refractivity contribution in [3.8, 4) is 0 Å². The van der Waals surface area contributed by atoms with Gasteiger partial charge in [-0.05, 0) is 43.6 Å². The zero-order valence-corrected chi connectivity index (χ0v) is 15.4. The van der Waals surface area contributed by atoms with Gasteiger partial charge in [-0.3, -0.25) is 15.0 Å². The zero-order valence-electron chi connectivity index (χ0n) is 15.4. The lowest BCUT2D eigenvalue weighted by molar-refractivity contribution is -0.126. The number of hydrogen-bond donors (Lipinski definition) is 2. The number of likely N-dealkylation sites (tertiary alicyclic amines) is 1. The minimum absolute atomic E-state index is 0.208. The van der Waals surface area contributed by atoms with Crippen LogP contribution in [0.4, 0.5) is 4.79 Å². The van der Waals surface area contributed by atoms with E-state index in [-0.39, 0.29) is 5.92 Å². The second kappa shape index (κ2) is 7.82. The summed E-state index contributed by atoms with van der Waals surface area (Å²) in [4.78, 5) is 30.5. The Balaban J connectivity index is 1.50. The summed E-state index contributed by atoms with van der Waals surface area (Å²) in [7, 11) is 0. The van der Waals surface area contributed by atoms with E-state index in [1.807, 2.05) is 54.6 Å². The van der Waals surface area contributed by atoms with E-state index in [4.69, 9.17) is 10.2 Å². The average molecular weight is 378 g/mol.